The van der Waals surface area contributed by atoms with Gasteiger partial charge in [0.05, 0.1) is 5.56 Å². The number of halogens is 5. The van der Waals surface area contributed by atoms with E-state index in [0.717, 1.165) is 22.2 Å². The molecule has 1 heterocycles. The van der Waals surface area contributed by atoms with Gasteiger partial charge in [0.25, 0.3) is 0 Å². The highest BCUT2D eigenvalue weighted by molar-refractivity contribution is 9.10. The molecule has 0 N–H and O–H groups in total. The van der Waals surface area contributed by atoms with Crippen LogP contribution >= 0.6 is 27.5 Å². The third kappa shape index (κ3) is 4.35. The molecule has 0 atom stereocenters. The molecule has 1 aromatic carbocycles. The van der Waals surface area contributed by atoms with Crippen molar-refractivity contribution in [1.82, 2.24) is 4.98 Å². The van der Waals surface area contributed by atoms with Crippen molar-refractivity contribution >= 4 is 33.3 Å². The number of aromatic nitrogens is 1. The third-order valence-electron chi connectivity index (χ3n) is 2.81. The number of alkyl halides is 3. The number of benzene rings is 1. The maximum Gasteiger partial charge on any atom is 0.416 e. The van der Waals surface area contributed by atoms with Gasteiger partial charge in [-0.15, -0.1) is 0 Å². The van der Waals surface area contributed by atoms with Crippen molar-refractivity contribution in [3.63, 3.8) is 0 Å². The van der Waals surface area contributed by atoms with Crippen LogP contribution in [0.3, 0.4) is 0 Å². The summed E-state index contributed by atoms with van der Waals surface area (Å²) in [5, 5.41) is -0.180. The summed E-state index contributed by atoms with van der Waals surface area (Å²) >= 11 is 9.04. The van der Waals surface area contributed by atoms with Crippen LogP contribution in [0.15, 0.2) is 40.9 Å². The van der Waals surface area contributed by atoms with Gasteiger partial charge in [-0.25, -0.2) is 4.98 Å². The van der Waals surface area contributed by atoms with Gasteiger partial charge in [-0.05, 0) is 29.8 Å². The molecule has 0 unspecified atom stereocenters. The van der Waals surface area contributed by atoms with E-state index < -0.39 is 11.7 Å². The standard InChI is InChI=1S/C14H11BrClF3N2/c1-21(8-9-3-2-4-11(15)5-9)13-7-10(14(17,18)19)6-12(16)20-13/h2-7H,8H2,1H3. The molecule has 0 radical (unpaired) electrons. The molecule has 2 nitrogen and oxygen atoms in total. The summed E-state index contributed by atoms with van der Waals surface area (Å²) in [5.41, 5.74) is 0.140. The van der Waals surface area contributed by atoms with Gasteiger partial charge in [0, 0.05) is 18.1 Å². The molecule has 0 aliphatic carbocycles. The second kappa shape index (κ2) is 6.23. The second-order valence-electron chi connectivity index (χ2n) is 4.52. The molecule has 0 aliphatic heterocycles. The predicted octanol–water partition coefficient (Wildman–Crippen LogP) is 5.15. The van der Waals surface area contributed by atoms with Crippen molar-refractivity contribution in [3.8, 4) is 0 Å². The van der Waals surface area contributed by atoms with E-state index in [-0.39, 0.29) is 11.0 Å². The van der Waals surface area contributed by atoms with Crippen LogP contribution in [0.2, 0.25) is 5.15 Å². The highest BCUT2D eigenvalue weighted by atomic mass is 79.9. The zero-order valence-electron chi connectivity index (χ0n) is 11.0. The first kappa shape index (κ1) is 16.1. The van der Waals surface area contributed by atoms with E-state index in [1.165, 1.54) is 0 Å². The van der Waals surface area contributed by atoms with Gasteiger partial charge in [-0.2, -0.15) is 13.2 Å². The number of anilines is 1. The van der Waals surface area contributed by atoms with Crippen LogP contribution in [0.5, 0.6) is 0 Å². The van der Waals surface area contributed by atoms with Crippen LogP contribution < -0.4 is 4.90 Å². The lowest BCUT2D eigenvalue weighted by Crippen LogP contribution is -2.19. The zero-order valence-corrected chi connectivity index (χ0v) is 13.3. The van der Waals surface area contributed by atoms with Crippen molar-refractivity contribution in [2.24, 2.45) is 0 Å². The monoisotopic (exact) mass is 378 g/mol. The molecule has 112 valence electrons. The van der Waals surface area contributed by atoms with Crippen LogP contribution in [0.4, 0.5) is 19.0 Å². The summed E-state index contributed by atoms with van der Waals surface area (Å²) < 4.78 is 39.2. The largest absolute Gasteiger partial charge is 0.416 e. The fourth-order valence-corrected chi connectivity index (χ4v) is 2.48. The van der Waals surface area contributed by atoms with Crippen molar-refractivity contribution < 1.29 is 13.2 Å². The second-order valence-corrected chi connectivity index (χ2v) is 5.82. The van der Waals surface area contributed by atoms with Gasteiger partial charge in [0.1, 0.15) is 11.0 Å². The summed E-state index contributed by atoms with van der Waals surface area (Å²) in [7, 11) is 1.67. The molecule has 0 bridgehead atoms. The molecule has 7 heteroatoms. The zero-order chi connectivity index (χ0) is 15.6. The average molecular weight is 380 g/mol. The first-order valence-electron chi connectivity index (χ1n) is 5.96. The van der Waals surface area contributed by atoms with Crippen LogP contribution in [0.1, 0.15) is 11.1 Å². The minimum absolute atomic E-state index is 0.176. The molecule has 0 amide bonds. The molecular formula is C14H11BrClF3N2. The number of pyridine rings is 1. The van der Waals surface area contributed by atoms with Crippen LogP contribution in [-0.2, 0) is 12.7 Å². The highest BCUT2D eigenvalue weighted by Gasteiger charge is 2.31. The SMILES string of the molecule is CN(Cc1cccc(Br)c1)c1cc(C(F)(F)F)cc(Cl)n1. The fourth-order valence-electron chi connectivity index (χ4n) is 1.83. The molecule has 2 aromatic rings. The van der Waals surface area contributed by atoms with Crippen LogP contribution in [0.25, 0.3) is 0 Å². The number of hydrogen-bond acceptors (Lipinski definition) is 2. The van der Waals surface area contributed by atoms with Gasteiger partial charge in [-0.1, -0.05) is 39.7 Å². The Kier molecular flexibility index (Phi) is 4.78. The molecule has 21 heavy (non-hydrogen) atoms. The maximum absolute atomic E-state index is 12.8. The Hall–Kier alpha value is -1.27. The Morgan fingerprint density at radius 2 is 1.95 bits per heavy atom. The number of rotatable bonds is 3. The van der Waals surface area contributed by atoms with Crippen LogP contribution in [0, 0.1) is 0 Å². The molecular weight excluding hydrogens is 369 g/mol. The third-order valence-corrected chi connectivity index (χ3v) is 3.49. The minimum atomic E-state index is -4.45. The molecule has 0 aliphatic rings. The predicted molar refractivity (Wildman–Crippen MR) is 80.5 cm³/mol. The summed E-state index contributed by atoms with van der Waals surface area (Å²) in [5.74, 6) is 0.176. The van der Waals surface area contributed by atoms with E-state index in [4.69, 9.17) is 11.6 Å². The van der Waals surface area contributed by atoms with E-state index in [9.17, 15) is 13.2 Å². The Labute approximate surface area is 133 Å². The Bertz CT molecular complexity index is 646. The number of hydrogen-bond donors (Lipinski definition) is 0. The van der Waals surface area contributed by atoms with E-state index in [1.54, 1.807) is 11.9 Å². The summed E-state index contributed by atoms with van der Waals surface area (Å²) in [6.45, 7) is 0.421. The van der Waals surface area contributed by atoms with E-state index >= 15 is 0 Å². The van der Waals surface area contributed by atoms with Crippen LogP contribution in [-0.4, -0.2) is 12.0 Å². The molecule has 0 fully saturated rings. The minimum Gasteiger partial charge on any atom is -0.355 e. The van der Waals surface area contributed by atoms with Gasteiger partial charge in [0.2, 0.25) is 0 Å². The lowest BCUT2D eigenvalue weighted by molar-refractivity contribution is -0.137. The Morgan fingerprint density at radius 3 is 2.57 bits per heavy atom. The van der Waals surface area contributed by atoms with Crippen molar-refractivity contribution in [2.45, 2.75) is 12.7 Å². The fraction of sp³-hybridized carbons (Fsp3) is 0.214. The first-order chi connectivity index (χ1) is 9.75. The smallest absolute Gasteiger partial charge is 0.355 e. The van der Waals surface area contributed by atoms with Gasteiger partial charge >= 0.3 is 6.18 Å². The maximum atomic E-state index is 12.8. The molecule has 2 rings (SSSR count). The molecule has 0 saturated heterocycles. The topological polar surface area (TPSA) is 16.1 Å². The van der Waals surface area contributed by atoms with E-state index in [2.05, 4.69) is 20.9 Å². The lowest BCUT2D eigenvalue weighted by Gasteiger charge is -2.20. The lowest BCUT2D eigenvalue weighted by atomic mass is 10.2. The van der Waals surface area contributed by atoms with Gasteiger partial charge < -0.3 is 4.90 Å². The van der Waals surface area contributed by atoms with E-state index in [0.29, 0.717) is 6.54 Å². The Balaban J connectivity index is 2.27. The highest BCUT2D eigenvalue weighted by Crippen LogP contribution is 2.32. The normalized spacial score (nSPS) is 11.5. The summed E-state index contributed by atoms with van der Waals surface area (Å²) in [6, 6.07) is 9.33. The van der Waals surface area contributed by atoms with Gasteiger partial charge in [0.15, 0.2) is 0 Å². The van der Waals surface area contributed by atoms with E-state index in [1.807, 2.05) is 24.3 Å². The Morgan fingerprint density at radius 1 is 1.24 bits per heavy atom. The summed E-state index contributed by atoms with van der Waals surface area (Å²) in [6.07, 6.45) is -4.45. The van der Waals surface area contributed by atoms with Crippen molar-refractivity contribution in [1.29, 1.82) is 0 Å². The molecule has 0 spiro atoms. The average Bonchev–Trinajstić information content (AvgIpc) is 2.37. The first-order valence-corrected chi connectivity index (χ1v) is 7.13. The van der Waals surface area contributed by atoms with Crippen molar-refractivity contribution in [2.75, 3.05) is 11.9 Å². The quantitative estimate of drug-likeness (QED) is 0.685. The van der Waals surface area contributed by atoms with Gasteiger partial charge in [-0.3, -0.25) is 0 Å². The number of nitrogens with zero attached hydrogens (tertiary/aromatic N) is 2. The van der Waals surface area contributed by atoms with Crippen molar-refractivity contribution in [3.05, 3.63) is 57.2 Å². The summed E-state index contributed by atoms with van der Waals surface area (Å²) in [4.78, 5) is 5.56. The molecule has 0 saturated carbocycles. The molecule has 1 aromatic heterocycles.